The lowest BCUT2D eigenvalue weighted by Crippen LogP contribution is -2.49. The molecule has 8 N–H and O–H groups in total. The first-order chi connectivity index (χ1) is 9.40. The Bertz CT molecular complexity index is 444. The first-order valence-electron chi connectivity index (χ1n) is 6.44. The molecule has 0 radical (unpaired) electrons. The van der Waals surface area contributed by atoms with Crippen molar-refractivity contribution in [2.45, 2.75) is 45.4 Å². The van der Waals surface area contributed by atoms with Crippen molar-refractivity contribution in [3.8, 4) is 5.75 Å². The second-order valence-electron chi connectivity index (χ2n) is 5.59. The van der Waals surface area contributed by atoms with Gasteiger partial charge in [-0.15, -0.1) is 0 Å². The van der Waals surface area contributed by atoms with Crippen LogP contribution in [0.15, 0.2) is 18.2 Å². The van der Waals surface area contributed by atoms with Crippen molar-refractivity contribution in [2.24, 2.45) is 5.73 Å². The van der Waals surface area contributed by atoms with Gasteiger partial charge in [0.05, 0.1) is 11.3 Å². The number of aliphatic hydroxyl groups is 1. The van der Waals surface area contributed by atoms with E-state index in [0.29, 0.717) is 18.0 Å². The first kappa shape index (κ1) is 19.7. The molecule has 0 saturated carbocycles. The highest BCUT2D eigenvalue weighted by molar-refractivity contribution is 6.30. The molecular weight excluding hydrogens is 275 g/mol. The van der Waals surface area contributed by atoms with Crippen molar-refractivity contribution >= 4 is 13.0 Å². The van der Waals surface area contributed by atoms with Crippen molar-refractivity contribution in [1.82, 2.24) is 0 Å². The average Bonchev–Trinajstić information content (AvgIpc) is 2.29. The predicted octanol–water partition coefficient (Wildman–Crippen LogP) is -0.396. The summed E-state index contributed by atoms with van der Waals surface area (Å²) in [5.74, 6) is 0.556. The van der Waals surface area contributed by atoms with Crippen LogP contribution in [0.3, 0.4) is 0 Å². The third-order valence-electron chi connectivity index (χ3n) is 3.15. The highest BCUT2D eigenvalue weighted by Crippen LogP contribution is 2.31. The Labute approximate surface area is 125 Å². The van der Waals surface area contributed by atoms with E-state index in [1.807, 2.05) is 26.0 Å². The molecule has 0 bridgehead atoms. The highest BCUT2D eigenvalue weighted by Gasteiger charge is 2.37. The van der Waals surface area contributed by atoms with Crippen LogP contribution in [0, 0.1) is 0 Å². The molecule has 0 aromatic heterocycles. The minimum Gasteiger partial charge on any atom is -0.483 e. The summed E-state index contributed by atoms with van der Waals surface area (Å²) in [7, 11) is -2.17. The molecule has 0 amide bonds. The summed E-state index contributed by atoms with van der Waals surface area (Å²) >= 11 is 0. The molecule has 0 aliphatic carbocycles. The van der Waals surface area contributed by atoms with Gasteiger partial charge in [-0.25, -0.2) is 0 Å². The number of nitrogens with two attached hydrogens (primary N) is 2. The van der Waals surface area contributed by atoms with Crippen molar-refractivity contribution < 1.29 is 24.9 Å². The minimum absolute atomic E-state index is 0.430. The lowest BCUT2D eigenvalue weighted by Gasteiger charge is -2.37. The molecule has 0 saturated heterocycles. The van der Waals surface area contributed by atoms with E-state index in [2.05, 4.69) is 0 Å². The molecule has 0 aliphatic rings. The van der Waals surface area contributed by atoms with Crippen molar-refractivity contribution in [2.75, 3.05) is 5.73 Å². The molecule has 1 rings (SSSR count). The summed E-state index contributed by atoms with van der Waals surface area (Å²) in [5, 5.41) is 31.5. The van der Waals surface area contributed by atoms with Gasteiger partial charge in [0.25, 0.3) is 0 Å². The highest BCUT2D eigenvalue weighted by atomic mass is 16.5. The summed E-state index contributed by atoms with van der Waals surface area (Å²) in [6, 6.07) is 5.43. The molecule has 0 spiro atoms. The maximum atomic E-state index is 10.0. The zero-order valence-corrected chi connectivity index (χ0v) is 12.9. The maximum absolute atomic E-state index is 10.0. The van der Waals surface area contributed by atoms with E-state index in [0.717, 1.165) is 5.56 Å². The van der Waals surface area contributed by atoms with E-state index >= 15 is 0 Å². The van der Waals surface area contributed by atoms with Crippen LogP contribution in [0.25, 0.3) is 0 Å². The van der Waals surface area contributed by atoms with E-state index in [9.17, 15) is 5.11 Å². The fraction of sp³-hybridized carbons (Fsp3) is 0.538. The van der Waals surface area contributed by atoms with E-state index in [4.69, 9.17) is 31.3 Å². The maximum Gasteiger partial charge on any atom is 0.631 e. The Balaban J connectivity index is 0.000000885. The summed E-state index contributed by atoms with van der Waals surface area (Å²) < 4.78 is 5.81. The van der Waals surface area contributed by atoms with Crippen molar-refractivity contribution in [1.29, 1.82) is 0 Å². The Morgan fingerprint density at radius 2 is 1.62 bits per heavy atom. The number of anilines is 1. The topological polar surface area (TPSA) is 142 Å². The van der Waals surface area contributed by atoms with Crippen LogP contribution >= 0.6 is 0 Å². The fourth-order valence-electron chi connectivity index (χ4n) is 1.19. The number of benzene rings is 1. The van der Waals surface area contributed by atoms with Gasteiger partial charge in [-0.1, -0.05) is 6.07 Å². The normalized spacial score (nSPS) is 11.5. The van der Waals surface area contributed by atoms with Gasteiger partial charge < -0.3 is 36.4 Å². The Kier molecular flexibility index (Phi) is 7.15. The van der Waals surface area contributed by atoms with E-state index in [-0.39, 0.29) is 0 Å². The number of rotatable bonds is 4. The molecule has 21 heavy (non-hydrogen) atoms. The van der Waals surface area contributed by atoms with Crippen LogP contribution in [0.5, 0.6) is 5.75 Å². The van der Waals surface area contributed by atoms with Crippen LogP contribution in [0.2, 0.25) is 0 Å². The molecule has 0 aliphatic heterocycles. The van der Waals surface area contributed by atoms with E-state index in [1.165, 1.54) is 0 Å². The molecule has 120 valence electrons. The van der Waals surface area contributed by atoms with Crippen LogP contribution < -0.4 is 16.2 Å². The van der Waals surface area contributed by atoms with Gasteiger partial charge in [0.15, 0.2) is 0 Å². The number of hydrogen-bond donors (Lipinski definition) is 6. The molecule has 1 aromatic rings. The molecule has 0 atom stereocenters. The van der Waals surface area contributed by atoms with E-state index < -0.39 is 18.5 Å². The average molecular weight is 300 g/mol. The minimum atomic E-state index is -2.17. The van der Waals surface area contributed by atoms with Gasteiger partial charge in [0.1, 0.15) is 11.4 Å². The molecule has 0 unspecified atom stereocenters. The molecule has 7 nitrogen and oxygen atoms in total. The monoisotopic (exact) mass is 300 g/mol. The summed E-state index contributed by atoms with van der Waals surface area (Å²) in [5.41, 5.74) is 11.2. The lowest BCUT2D eigenvalue weighted by atomic mass is 9.89. The Morgan fingerprint density at radius 1 is 1.14 bits per heavy atom. The molecule has 1 aromatic carbocycles. The Morgan fingerprint density at radius 3 is 2.00 bits per heavy atom. The third-order valence-corrected chi connectivity index (χ3v) is 3.15. The quantitative estimate of drug-likeness (QED) is 0.328. The standard InChI is InChI=1S/C13H22N2O2.BH3O3/c1-12(2,16)13(3,4)17-11-7-9(8-14)5-6-10(11)15;2-1(3)4/h5-7,16H,8,14-15H2,1-4H3;2-4H. The zero-order valence-electron chi connectivity index (χ0n) is 12.9. The van der Waals surface area contributed by atoms with E-state index in [1.54, 1.807) is 19.9 Å². The molecule has 8 heteroatoms. The predicted molar refractivity (Wildman–Crippen MR) is 82.2 cm³/mol. The van der Waals surface area contributed by atoms with Crippen LogP contribution in [-0.2, 0) is 6.54 Å². The van der Waals surface area contributed by atoms with Crippen LogP contribution in [-0.4, -0.2) is 38.7 Å². The smallest absolute Gasteiger partial charge is 0.483 e. The number of hydrogen-bond acceptors (Lipinski definition) is 7. The lowest BCUT2D eigenvalue weighted by molar-refractivity contribution is -0.0903. The molecular formula is C13H25BN2O5. The van der Waals surface area contributed by atoms with Gasteiger partial charge in [-0.05, 0) is 45.4 Å². The number of nitrogen functional groups attached to an aromatic ring is 1. The van der Waals surface area contributed by atoms with Gasteiger partial charge >= 0.3 is 7.32 Å². The summed E-state index contributed by atoms with van der Waals surface area (Å²) in [6.07, 6.45) is 0. The SMILES string of the molecule is CC(C)(O)C(C)(C)Oc1cc(CN)ccc1N.OB(O)O. The molecule has 0 fully saturated rings. The van der Waals surface area contributed by atoms with Crippen LogP contribution in [0.1, 0.15) is 33.3 Å². The third kappa shape index (κ3) is 6.79. The fourth-order valence-corrected chi connectivity index (χ4v) is 1.19. The first-order valence-corrected chi connectivity index (χ1v) is 6.44. The zero-order chi connectivity index (χ0) is 16.8. The van der Waals surface area contributed by atoms with Gasteiger partial charge in [-0.3, -0.25) is 0 Å². The second kappa shape index (κ2) is 7.62. The summed E-state index contributed by atoms with van der Waals surface area (Å²) in [6.45, 7) is 7.48. The molecule has 0 heterocycles. The Hall–Kier alpha value is -1.32. The largest absolute Gasteiger partial charge is 0.631 e. The number of ether oxygens (including phenoxy) is 1. The second-order valence-corrected chi connectivity index (χ2v) is 5.59. The van der Waals surface area contributed by atoms with Crippen molar-refractivity contribution in [3.05, 3.63) is 23.8 Å². The van der Waals surface area contributed by atoms with Crippen molar-refractivity contribution in [3.63, 3.8) is 0 Å². The van der Waals surface area contributed by atoms with Crippen LogP contribution in [0.4, 0.5) is 5.69 Å². The van der Waals surface area contributed by atoms with Gasteiger partial charge in [0, 0.05) is 6.54 Å². The van der Waals surface area contributed by atoms with Gasteiger partial charge in [0.2, 0.25) is 0 Å². The van der Waals surface area contributed by atoms with Gasteiger partial charge in [-0.2, -0.15) is 0 Å². The summed E-state index contributed by atoms with van der Waals surface area (Å²) in [4.78, 5) is 0.